The van der Waals surface area contributed by atoms with Crippen molar-refractivity contribution in [2.24, 2.45) is 5.73 Å². The summed E-state index contributed by atoms with van der Waals surface area (Å²) in [6, 6.07) is 7.56. The van der Waals surface area contributed by atoms with Gasteiger partial charge in [-0.05, 0) is 31.9 Å². The van der Waals surface area contributed by atoms with Gasteiger partial charge in [0, 0.05) is 5.92 Å². The highest BCUT2D eigenvalue weighted by Crippen LogP contribution is 2.24. The molecule has 3 unspecified atom stereocenters. The van der Waals surface area contributed by atoms with E-state index >= 15 is 0 Å². The van der Waals surface area contributed by atoms with Gasteiger partial charge in [-0.15, -0.1) is 12.4 Å². The van der Waals surface area contributed by atoms with Gasteiger partial charge in [0.05, 0.1) is 0 Å². The van der Waals surface area contributed by atoms with Gasteiger partial charge < -0.3 is 10.5 Å². The van der Waals surface area contributed by atoms with E-state index in [2.05, 4.69) is 26.0 Å². The molecule has 1 aromatic rings. The molecule has 0 aliphatic heterocycles. The van der Waals surface area contributed by atoms with Crippen molar-refractivity contribution in [3.63, 3.8) is 0 Å². The van der Waals surface area contributed by atoms with Crippen molar-refractivity contribution < 1.29 is 9.53 Å². The molecule has 0 spiro atoms. The van der Waals surface area contributed by atoms with Crippen LogP contribution >= 0.6 is 12.4 Å². The van der Waals surface area contributed by atoms with E-state index in [0.29, 0.717) is 0 Å². The van der Waals surface area contributed by atoms with Crippen molar-refractivity contribution in [3.05, 3.63) is 35.4 Å². The third-order valence-electron chi connectivity index (χ3n) is 3.06. The van der Waals surface area contributed by atoms with Gasteiger partial charge >= 0.3 is 5.97 Å². The van der Waals surface area contributed by atoms with Crippen LogP contribution in [-0.2, 0) is 9.53 Å². The maximum absolute atomic E-state index is 11.4. The second-order valence-corrected chi connectivity index (χ2v) is 4.58. The van der Waals surface area contributed by atoms with E-state index in [1.807, 2.05) is 19.1 Å². The summed E-state index contributed by atoms with van der Waals surface area (Å²) in [5.74, 6) is -0.183. The lowest BCUT2D eigenvalue weighted by molar-refractivity contribution is -0.150. The van der Waals surface area contributed by atoms with Crippen LogP contribution in [0.15, 0.2) is 24.3 Å². The van der Waals surface area contributed by atoms with Crippen LogP contribution < -0.4 is 5.73 Å². The van der Waals surface area contributed by atoms with E-state index in [9.17, 15) is 4.79 Å². The summed E-state index contributed by atoms with van der Waals surface area (Å²) in [6.07, 6.45) is -0.172. The molecule has 0 saturated carbocycles. The molecule has 18 heavy (non-hydrogen) atoms. The smallest absolute Gasteiger partial charge is 0.322 e. The number of carbonyl (C=O) groups is 1. The summed E-state index contributed by atoms with van der Waals surface area (Å²) in [5.41, 5.74) is 7.90. The minimum atomic E-state index is -0.568. The largest absolute Gasteiger partial charge is 0.461 e. The number of rotatable bonds is 4. The predicted octanol–water partition coefficient (Wildman–Crippen LogP) is 2.80. The average Bonchev–Trinajstić information content (AvgIpc) is 2.28. The van der Waals surface area contributed by atoms with Crippen LogP contribution in [-0.4, -0.2) is 18.1 Å². The summed E-state index contributed by atoms with van der Waals surface area (Å²) in [4.78, 5) is 11.4. The van der Waals surface area contributed by atoms with E-state index in [4.69, 9.17) is 10.5 Å². The van der Waals surface area contributed by atoms with Crippen LogP contribution in [0.1, 0.15) is 37.8 Å². The number of esters is 1. The summed E-state index contributed by atoms with van der Waals surface area (Å²) in [6.45, 7) is 7.65. The maximum Gasteiger partial charge on any atom is 0.322 e. The van der Waals surface area contributed by atoms with Gasteiger partial charge in [-0.25, -0.2) is 0 Å². The van der Waals surface area contributed by atoms with Crippen LogP contribution in [0.2, 0.25) is 0 Å². The molecule has 2 N–H and O–H groups in total. The molecular formula is C14H22ClNO2. The lowest BCUT2D eigenvalue weighted by Gasteiger charge is -2.23. The van der Waals surface area contributed by atoms with E-state index in [1.165, 1.54) is 11.1 Å². The first kappa shape index (κ1) is 16.9. The SMILES string of the molecule is Cc1ccccc1C(C)C(C)OC(=O)C(C)N.Cl. The second-order valence-electron chi connectivity index (χ2n) is 4.58. The van der Waals surface area contributed by atoms with Gasteiger partial charge in [0.15, 0.2) is 0 Å². The van der Waals surface area contributed by atoms with E-state index in [1.54, 1.807) is 6.92 Å². The molecule has 0 fully saturated rings. The van der Waals surface area contributed by atoms with Gasteiger partial charge in [0.25, 0.3) is 0 Å². The molecule has 0 bridgehead atoms. The van der Waals surface area contributed by atoms with Crippen molar-refractivity contribution in [1.29, 1.82) is 0 Å². The second kappa shape index (κ2) is 7.39. The Bertz CT molecular complexity index is 393. The van der Waals surface area contributed by atoms with Crippen molar-refractivity contribution in [3.8, 4) is 0 Å². The lowest BCUT2D eigenvalue weighted by atomic mass is 9.92. The lowest BCUT2D eigenvalue weighted by Crippen LogP contribution is -2.33. The average molecular weight is 272 g/mol. The van der Waals surface area contributed by atoms with E-state index in [0.717, 1.165) is 0 Å². The number of ether oxygens (including phenoxy) is 1. The number of carbonyl (C=O) groups excluding carboxylic acids is 1. The zero-order valence-corrected chi connectivity index (χ0v) is 12.2. The number of aryl methyl sites for hydroxylation is 1. The van der Waals surface area contributed by atoms with Gasteiger partial charge in [-0.1, -0.05) is 31.2 Å². The molecule has 1 rings (SSSR count). The highest BCUT2D eigenvalue weighted by atomic mass is 35.5. The van der Waals surface area contributed by atoms with Gasteiger partial charge in [0.2, 0.25) is 0 Å². The monoisotopic (exact) mass is 271 g/mol. The summed E-state index contributed by atoms with van der Waals surface area (Å²) in [7, 11) is 0. The van der Waals surface area contributed by atoms with Crippen molar-refractivity contribution in [2.75, 3.05) is 0 Å². The molecule has 4 heteroatoms. The van der Waals surface area contributed by atoms with Crippen LogP contribution in [0.3, 0.4) is 0 Å². The summed E-state index contributed by atoms with van der Waals surface area (Å²) >= 11 is 0. The molecular weight excluding hydrogens is 250 g/mol. The molecule has 0 aromatic heterocycles. The Balaban J connectivity index is 0.00000289. The fourth-order valence-corrected chi connectivity index (χ4v) is 1.74. The van der Waals surface area contributed by atoms with Crippen molar-refractivity contribution in [2.45, 2.75) is 45.8 Å². The molecule has 0 saturated heterocycles. The highest BCUT2D eigenvalue weighted by Gasteiger charge is 2.21. The number of hydrogen-bond acceptors (Lipinski definition) is 3. The number of benzene rings is 1. The zero-order chi connectivity index (χ0) is 13.0. The van der Waals surface area contributed by atoms with Crippen LogP contribution in [0, 0.1) is 6.92 Å². The normalized spacial score (nSPS) is 15.2. The number of hydrogen-bond donors (Lipinski definition) is 1. The van der Waals surface area contributed by atoms with Crippen molar-refractivity contribution in [1.82, 2.24) is 0 Å². The van der Waals surface area contributed by atoms with Crippen LogP contribution in [0.4, 0.5) is 0 Å². The Kier molecular flexibility index (Phi) is 6.96. The summed E-state index contributed by atoms with van der Waals surface area (Å²) < 4.78 is 5.32. The quantitative estimate of drug-likeness (QED) is 0.857. The van der Waals surface area contributed by atoms with Crippen LogP contribution in [0.5, 0.6) is 0 Å². The fourth-order valence-electron chi connectivity index (χ4n) is 1.74. The molecule has 3 nitrogen and oxygen atoms in total. The Morgan fingerprint density at radius 1 is 1.22 bits per heavy atom. The predicted molar refractivity (Wildman–Crippen MR) is 76.0 cm³/mol. The first-order valence-electron chi connectivity index (χ1n) is 5.95. The molecule has 0 heterocycles. The van der Waals surface area contributed by atoms with E-state index in [-0.39, 0.29) is 30.4 Å². The van der Waals surface area contributed by atoms with Gasteiger partial charge in [-0.3, -0.25) is 4.79 Å². The molecule has 102 valence electrons. The minimum Gasteiger partial charge on any atom is -0.461 e. The molecule has 0 radical (unpaired) electrons. The van der Waals surface area contributed by atoms with Crippen molar-refractivity contribution >= 4 is 18.4 Å². The maximum atomic E-state index is 11.4. The van der Waals surface area contributed by atoms with Gasteiger partial charge in [-0.2, -0.15) is 0 Å². The Morgan fingerprint density at radius 2 is 1.78 bits per heavy atom. The molecule has 1 aromatic carbocycles. The van der Waals surface area contributed by atoms with Crippen LogP contribution in [0.25, 0.3) is 0 Å². The Morgan fingerprint density at radius 3 is 2.28 bits per heavy atom. The minimum absolute atomic E-state index is 0. The summed E-state index contributed by atoms with van der Waals surface area (Å²) in [5, 5.41) is 0. The highest BCUT2D eigenvalue weighted by molar-refractivity contribution is 5.85. The first-order chi connectivity index (χ1) is 7.93. The zero-order valence-electron chi connectivity index (χ0n) is 11.3. The number of nitrogens with two attached hydrogens (primary N) is 1. The molecule has 0 aliphatic carbocycles. The standard InChI is InChI=1S/C14H21NO2.ClH/c1-9-7-5-6-8-13(9)10(2)12(4)17-14(16)11(3)15;/h5-8,10-12H,15H2,1-4H3;1H. The molecule has 0 aliphatic rings. The first-order valence-corrected chi connectivity index (χ1v) is 5.95. The topological polar surface area (TPSA) is 52.3 Å². The Labute approximate surface area is 115 Å². The number of halogens is 1. The van der Waals surface area contributed by atoms with Gasteiger partial charge in [0.1, 0.15) is 12.1 Å². The molecule has 3 atom stereocenters. The Hall–Kier alpha value is -1.06. The van der Waals surface area contributed by atoms with E-state index < -0.39 is 6.04 Å². The molecule has 0 amide bonds. The third kappa shape index (κ3) is 4.31. The third-order valence-corrected chi connectivity index (χ3v) is 3.06. The fraction of sp³-hybridized carbons (Fsp3) is 0.500.